The zero-order chi connectivity index (χ0) is 21.3. The fourth-order valence-electron chi connectivity index (χ4n) is 3.55. The average molecular weight is 410 g/mol. The quantitative estimate of drug-likeness (QED) is 0.623. The summed E-state index contributed by atoms with van der Waals surface area (Å²) in [5.74, 6) is 0.466. The van der Waals surface area contributed by atoms with Gasteiger partial charge < -0.3 is 19.5 Å². The van der Waals surface area contributed by atoms with Gasteiger partial charge >= 0.3 is 6.01 Å². The Hall–Kier alpha value is -3.43. The topological polar surface area (TPSA) is 103 Å². The lowest BCUT2D eigenvalue weighted by atomic mass is 10.1. The molecule has 0 spiro atoms. The van der Waals surface area contributed by atoms with Crippen molar-refractivity contribution in [3.63, 3.8) is 0 Å². The number of ether oxygens (including phenoxy) is 1. The first-order valence-electron chi connectivity index (χ1n) is 10.0. The maximum Gasteiger partial charge on any atom is 0.320 e. The first-order chi connectivity index (χ1) is 14.4. The van der Waals surface area contributed by atoms with Gasteiger partial charge in [-0.3, -0.25) is 9.48 Å². The van der Waals surface area contributed by atoms with Crippen molar-refractivity contribution in [3.8, 4) is 6.01 Å². The summed E-state index contributed by atoms with van der Waals surface area (Å²) in [6.07, 6.45) is 8.17. The number of nitrogens with one attached hydrogen (secondary N) is 1. The van der Waals surface area contributed by atoms with Crippen LogP contribution in [0, 0.1) is 0 Å². The first kappa shape index (κ1) is 19.9. The molecule has 4 rings (SSSR count). The summed E-state index contributed by atoms with van der Waals surface area (Å²) in [5, 5.41) is 7.45. The van der Waals surface area contributed by atoms with Crippen LogP contribution in [0.4, 0.5) is 11.5 Å². The van der Waals surface area contributed by atoms with Crippen LogP contribution in [-0.2, 0) is 11.8 Å². The number of anilines is 2. The van der Waals surface area contributed by atoms with Gasteiger partial charge in [0.1, 0.15) is 6.10 Å². The number of hydrogen-bond donors (Lipinski definition) is 1. The largest absolute Gasteiger partial charge is 0.458 e. The summed E-state index contributed by atoms with van der Waals surface area (Å²) >= 11 is 0. The smallest absolute Gasteiger partial charge is 0.320 e. The average Bonchev–Trinajstić information content (AvgIpc) is 3.33. The molecule has 1 atom stereocenters. The third-order valence-electron chi connectivity index (χ3n) is 5.06. The molecule has 10 heteroatoms. The fourth-order valence-corrected chi connectivity index (χ4v) is 3.55. The third kappa shape index (κ3) is 3.98. The number of fused-ring (bicyclic) bond motifs is 1. The number of aromatic nitrogens is 6. The number of aryl methyl sites for hydroxylation is 1. The number of carbonyl (C=O) groups excluding carboxylic acids is 1. The number of carbonyl (C=O) groups is 1. The van der Waals surface area contributed by atoms with Crippen LogP contribution < -0.4 is 10.1 Å². The molecule has 158 valence electrons. The predicted octanol–water partition coefficient (Wildman–Crippen LogP) is 2.44. The Morgan fingerprint density at radius 2 is 2.23 bits per heavy atom. The van der Waals surface area contributed by atoms with Crippen molar-refractivity contribution in [2.24, 2.45) is 7.05 Å². The zero-order valence-corrected chi connectivity index (χ0v) is 17.4. The molecule has 10 nitrogen and oxygen atoms in total. The van der Waals surface area contributed by atoms with E-state index in [0.717, 1.165) is 18.5 Å². The van der Waals surface area contributed by atoms with Crippen LogP contribution in [-0.4, -0.2) is 59.3 Å². The number of likely N-dealkylation sites (tertiary alicyclic amines) is 1. The van der Waals surface area contributed by atoms with Crippen molar-refractivity contribution >= 4 is 28.6 Å². The molecule has 1 N–H and O–H groups in total. The molecule has 1 saturated heterocycles. The molecular weight excluding hydrogens is 384 g/mol. The summed E-state index contributed by atoms with van der Waals surface area (Å²) in [7, 11) is 1.85. The normalized spacial score (nSPS) is 16.8. The van der Waals surface area contributed by atoms with E-state index in [9.17, 15) is 4.79 Å². The minimum Gasteiger partial charge on any atom is -0.458 e. The van der Waals surface area contributed by atoms with Crippen molar-refractivity contribution < 1.29 is 9.53 Å². The van der Waals surface area contributed by atoms with E-state index < -0.39 is 0 Å². The number of rotatable bonds is 6. The highest BCUT2D eigenvalue weighted by atomic mass is 16.5. The lowest BCUT2D eigenvalue weighted by Gasteiger charge is -2.31. The molecular formula is C20H26N8O2. The number of piperidine rings is 1. The summed E-state index contributed by atoms with van der Waals surface area (Å²) in [4.78, 5) is 27.4. The molecule has 1 aliphatic rings. The lowest BCUT2D eigenvalue weighted by molar-refractivity contribution is -0.128. The molecule has 1 fully saturated rings. The molecule has 0 aliphatic carbocycles. The van der Waals surface area contributed by atoms with E-state index in [1.807, 2.05) is 17.8 Å². The van der Waals surface area contributed by atoms with Crippen molar-refractivity contribution in [1.82, 2.24) is 34.2 Å². The molecule has 0 saturated carbocycles. The van der Waals surface area contributed by atoms with E-state index in [2.05, 4.69) is 45.8 Å². The van der Waals surface area contributed by atoms with E-state index >= 15 is 0 Å². The summed E-state index contributed by atoms with van der Waals surface area (Å²) in [6.45, 7) is 8.90. The van der Waals surface area contributed by atoms with E-state index in [4.69, 9.17) is 4.74 Å². The zero-order valence-electron chi connectivity index (χ0n) is 17.4. The van der Waals surface area contributed by atoms with Crippen molar-refractivity contribution in [3.05, 3.63) is 31.4 Å². The van der Waals surface area contributed by atoms with Crippen molar-refractivity contribution in [2.75, 3.05) is 18.4 Å². The molecule has 0 bridgehead atoms. The summed E-state index contributed by atoms with van der Waals surface area (Å²) in [6, 6.07) is 0.438. The number of imidazole rings is 1. The summed E-state index contributed by atoms with van der Waals surface area (Å²) in [5.41, 5.74) is 2.14. The second-order valence-corrected chi connectivity index (χ2v) is 7.67. The minimum atomic E-state index is -0.179. The molecule has 1 amide bonds. The number of amides is 1. The summed E-state index contributed by atoms with van der Waals surface area (Å²) < 4.78 is 9.81. The van der Waals surface area contributed by atoms with Gasteiger partial charge in [0.05, 0.1) is 24.8 Å². The fraction of sp³-hybridized carbons (Fsp3) is 0.450. The molecule has 0 unspecified atom stereocenters. The maximum atomic E-state index is 12.0. The highest BCUT2D eigenvalue weighted by molar-refractivity contribution is 5.87. The maximum absolute atomic E-state index is 12.0. The highest BCUT2D eigenvalue weighted by Gasteiger charge is 2.25. The first-order valence-corrected chi connectivity index (χ1v) is 10.0. The second kappa shape index (κ2) is 8.13. The van der Waals surface area contributed by atoms with Crippen LogP contribution in [0.3, 0.4) is 0 Å². The predicted molar refractivity (Wildman–Crippen MR) is 113 cm³/mol. The Bertz CT molecular complexity index is 1070. The molecule has 30 heavy (non-hydrogen) atoms. The SMILES string of the molecule is C=CC(=O)N1CCC[C@@H](Oc2nc(Nc3cnn(C)c3)c3ncn(C(C)C)c3n2)C1. The number of nitrogens with zero attached hydrogens (tertiary/aromatic N) is 7. The van der Waals surface area contributed by atoms with Gasteiger partial charge in [-0.1, -0.05) is 6.58 Å². The van der Waals surface area contributed by atoms with E-state index in [0.29, 0.717) is 30.1 Å². The van der Waals surface area contributed by atoms with Gasteiger partial charge in [-0.25, -0.2) is 4.98 Å². The third-order valence-corrected chi connectivity index (χ3v) is 5.06. The Kier molecular flexibility index (Phi) is 5.39. The van der Waals surface area contributed by atoms with Crippen LogP contribution in [0.1, 0.15) is 32.7 Å². The van der Waals surface area contributed by atoms with Crippen molar-refractivity contribution in [2.45, 2.75) is 38.8 Å². The Morgan fingerprint density at radius 3 is 2.93 bits per heavy atom. The highest BCUT2D eigenvalue weighted by Crippen LogP contribution is 2.27. The Labute approximate surface area is 174 Å². The van der Waals surface area contributed by atoms with Gasteiger partial charge in [0.2, 0.25) is 5.91 Å². The van der Waals surface area contributed by atoms with E-state index in [1.165, 1.54) is 6.08 Å². The Morgan fingerprint density at radius 1 is 1.40 bits per heavy atom. The molecule has 0 aromatic carbocycles. The molecule has 3 aromatic heterocycles. The van der Waals surface area contributed by atoms with Gasteiger partial charge in [-0.15, -0.1) is 0 Å². The van der Waals surface area contributed by atoms with Gasteiger partial charge in [0.25, 0.3) is 0 Å². The van der Waals surface area contributed by atoms with Crippen LogP contribution in [0.2, 0.25) is 0 Å². The molecule has 1 aliphatic heterocycles. The van der Waals surface area contributed by atoms with Crippen LogP contribution in [0.15, 0.2) is 31.4 Å². The van der Waals surface area contributed by atoms with Gasteiger partial charge in [0, 0.05) is 25.8 Å². The van der Waals surface area contributed by atoms with Crippen molar-refractivity contribution in [1.29, 1.82) is 0 Å². The molecule has 4 heterocycles. The Balaban J connectivity index is 1.66. The monoisotopic (exact) mass is 410 g/mol. The van der Waals surface area contributed by atoms with E-state index in [1.54, 1.807) is 22.1 Å². The van der Waals surface area contributed by atoms with Crippen LogP contribution in [0.5, 0.6) is 6.01 Å². The lowest BCUT2D eigenvalue weighted by Crippen LogP contribution is -2.43. The van der Waals surface area contributed by atoms with Gasteiger partial charge in [0.15, 0.2) is 17.0 Å². The molecule has 0 radical (unpaired) electrons. The van der Waals surface area contributed by atoms with Crippen LogP contribution in [0.25, 0.3) is 11.2 Å². The van der Waals surface area contributed by atoms with Gasteiger partial charge in [-0.05, 0) is 32.8 Å². The molecule has 3 aromatic rings. The minimum absolute atomic E-state index is 0.0866. The second-order valence-electron chi connectivity index (χ2n) is 7.67. The van der Waals surface area contributed by atoms with Crippen LogP contribution >= 0.6 is 0 Å². The van der Waals surface area contributed by atoms with Gasteiger partial charge in [-0.2, -0.15) is 15.1 Å². The standard InChI is InChI=1S/C20H26N8O2/c1-5-16(29)27-8-6-7-15(11-27)30-20-24-18(23-14-9-22-26(4)10-14)17-19(25-20)28(12-21-17)13(2)3/h5,9-10,12-13,15H,1,6-8,11H2,2-4H3,(H,23,24,25)/t15-/m1/s1. The number of hydrogen-bond acceptors (Lipinski definition) is 7. The van der Waals surface area contributed by atoms with E-state index in [-0.39, 0.29) is 24.1 Å².